The summed E-state index contributed by atoms with van der Waals surface area (Å²) in [5, 5.41) is 0.345. The highest BCUT2D eigenvalue weighted by atomic mass is 35.5. The molecule has 2 N–H and O–H groups in total. The summed E-state index contributed by atoms with van der Waals surface area (Å²) in [4.78, 5) is 7.65. The van der Waals surface area contributed by atoms with Crippen molar-refractivity contribution in [1.82, 2.24) is 9.97 Å². The molecular weight excluding hydrogens is 178 g/mol. The highest BCUT2D eigenvalue weighted by Gasteiger charge is 1.99. The number of hydrogen-bond acceptors (Lipinski definition) is 4. The molecule has 1 heterocycles. The minimum atomic E-state index is 0.178. The first-order valence-corrected chi connectivity index (χ1v) is 3.97. The quantitative estimate of drug-likeness (QED) is 0.724. The third-order valence-electron chi connectivity index (χ3n) is 1.22. The van der Waals surface area contributed by atoms with Crippen LogP contribution >= 0.6 is 11.6 Å². The van der Waals surface area contributed by atoms with E-state index in [2.05, 4.69) is 9.97 Å². The topological polar surface area (TPSA) is 61.0 Å². The highest BCUT2D eigenvalue weighted by molar-refractivity contribution is 6.29. The number of nitrogens with zero attached hydrogens (tertiary/aromatic N) is 2. The Bertz CT molecular complexity index is 247. The number of nitrogens with two attached hydrogens (primary N) is 1. The maximum absolute atomic E-state index is 5.64. The second kappa shape index (κ2) is 4.23. The molecule has 12 heavy (non-hydrogen) atoms. The van der Waals surface area contributed by atoms with Crippen molar-refractivity contribution >= 4 is 17.5 Å². The van der Waals surface area contributed by atoms with Gasteiger partial charge in [0, 0.05) is 6.61 Å². The van der Waals surface area contributed by atoms with Crippen LogP contribution in [0.1, 0.15) is 12.6 Å². The van der Waals surface area contributed by atoms with Crippen LogP contribution in [0.3, 0.4) is 0 Å². The molecule has 4 nitrogen and oxygen atoms in total. The molecule has 0 unspecified atom stereocenters. The Labute approximate surface area is 75.7 Å². The molecule has 0 spiro atoms. The average Bonchev–Trinajstić information content (AvgIpc) is 1.99. The number of rotatable bonds is 3. The summed E-state index contributed by atoms with van der Waals surface area (Å²) in [7, 11) is 0. The number of aromatic nitrogens is 2. The molecule has 0 amide bonds. The fourth-order valence-electron chi connectivity index (χ4n) is 0.764. The van der Waals surface area contributed by atoms with Crippen LogP contribution in [0.2, 0.25) is 5.15 Å². The summed E-state index contributed by atoms with van der Waals surface area (Å²) in [5.41, 5.74) is 6.07. The van der Waals surface area contributed by atoms with Gasteiger partial charge in [0.15, 0.2) is 0 Å². The van der Waals surface area contributed by atoms with Gasteiger partial charge in [-0.1, -0.05) is 11.6 Å². The molecule has 0 aliphatic heterocycles. The second-order valence-electron chi connectivity index (χ2n) is 2.18. The van der Waals surface area contributed by atoms with Crippen molar-refractivity contribution in [2.24, 2.45) is 0 Å². The van der Waals surface area contributed by atoms with Gasteiger partial charge in [-0.25, -0.2) is 9.97 Å². The Kier molecular flexibility index (Phi) is 3.25. The molecule has 66 valence electrons. The van der Waals surface area contributed by atoms with E-state index >= 15 is 0 Å². The first kappa shape index (κ1) is 9.22. The maximum atomic E-state index is 5.64. The van der Waals surface area contributed by atoms with Gasteiger partial charge in [0.05, 0.1) is 12.3 Å². The van der Waals surface area contributed by atoms with Gasteiger partial charge in [-0.15, -0.1) is 0 Å². The van der Waals surface area contributed by atoms with Crippen LogP contribution in [-0.4, -0.2) is 16.6 Å². The predicted molar refractivity (Wildman–Crippen MR) is 46.8 cm³/mol. The minimum absolute atomic E-state index is 0.178. The number of nitrogen functional groups attached to an aromatic ring is 1. The molecule has 0 aliphatic carbocycles. The van der Waals surface area contributed by atoms with Crippen LogP contribution in [0.15, 0.2) is 6.07 Å². The summed E-state index contributed by atoms with van der Waals surface area (Å²) < 4.78 is 5.13. The van der Waals surface area contributed by atoms with Gasteiger partial charge in [-0.05, 0) is 13.0 Å². The van der Waals surface area contributed by atoms with Gasteiger partial charge in [-0.2, -0.15) is 0 Å². The third-order valence-corrected chi connectivity index (χ3v) is 1.41. The summed E-state index contributed by atoms with van der Waals surface area (Å²) >= 11 is 5.64. The molecule has 0 aromatic carbocycles. The van der Waals surface area contributed by atoms with Crippen LogP contribution in [0.5, 0.6) is 0 Å². The highest BCUT2D eigenvalue weighted by Crippen LogP contribution is 2.08. The van der Waals surface area contributed by atoms with Crippen molar-refractivity contribution in [3.05, 3.63) is 16.9 Å². The molecular formula is C7H10ClN3O. The third kappa shape index (κ3) is 2.64. The first-order chi connectivity index (χ1) is 5.72. The van der Waals surface area contributed by atoms with E-state index in [0.717, 1.165) is 0 Å². The van der Waals surface area contributed by atoms with E-state index in [9.17, 15) is 0 Å². The number of hydrogen-bond donors (Lipinski definition) is 1. The molecule has 0 fully saturated rings. The van der Waals surface area contributed by atoms with E-state index in [-0.39, 0.29) is 5.95 Å². The lowest BCUT2D eigenvalue weighted by Crippen LogP contribution is -2.01. The van der Waals surface area contributed by atoms with E-state index in [1.54, 1.807) is 6.07 Å². The van der Waals surface area contributed by atoms with Crippen LogP contribution < -0.4 is 5.73 Å². The zero-order valence-electron chi connectivity index (χ0n) is 6.75. The summed E-state index contributed by atoms with van der Waals surface area (Å²) in [6.07, 6.45) is 0. The van der Waals surface area contributed by atoms with E-state index < -0.39 is 0 Å². The second-order valence-corrected chi connectivity index (χ2v) is 2.56. The van der Waals surface area contributed by atoms with Gasteiger partial charge in [0.25, 0.3) is 0 Å². The Balaban J connectivity index is 2.72. The van der Waals surface area contributed by atoms with Crippen molar-refractivity contribution in [1.29, 1.82) is 0 Å². The summed E-state index contributed by atoms with van der Waals surface area (Å²) in [5.74, 6) is 0.178. The zero-order valence-corrected chi connectivity index (χ0v) is 7.51. The van der Waals surface area contributed by atoms with Crippen molar-refractivity contribution in [3.63, 3.8) is 0 Å². The number of halogens is 1. The van der Waals surface area contributed by atoms with Crippen LogP contribution in [0, 0.1) is 0 Å². The van der Waals surface area contributed by atoms with Crippen molar-refractivity contribution in [2.45, 2.75) is 13.5 Å². The molecule has 5 heteroatoms. The van der Waals surface area contributed by atoms with E-state index in [4.69, 9.17) is 22.1 Å². The van der Waals surface area contributed by atoms with Gasteiger partial charge < -0.3 is 10.5 Å². The predicted octanol–water partition coefficient (Wildman–Crippen LogP) is 1.25. The van der Waals surface area contributed by atoms with Gasteiger partial charge >= 0.3 is 0 Å². The zero-order chi connectivity index (χ0) is 8.97. The lowest BCUT2D eigenvalue weighted by Gasteiger charge is -2.01. The molecule has 0 atom stereocenters. The van der Waals surface area contributed by atoms with Crippen LogP contribution in [0.25, 0.3) is 0 Å². The lowest BCUT2D eigenvalue weighted by molar-refractivity contribution is 0.131. The largest absolute Gasteiger partial charge is 0.375 e. The number of anilines is 1. The molecule has 0 radical (unpaired) electrons. The smallest absolute Gasteiger partial charge is 0.221 e. The first-order valence-electron chi connectivity index (χ1n) is 3.59. The van der Waals surface area contributed by atoms with Crippen LogP contribution in [0.4, 0.5) is 5.95 Å². The Morgan fingerprint density at radius 3 is 2.92 bits per heavy atom. The summed E-state index contributed by atoms with van der Waals surface area (Å²) in [6, 6.07) is 1.63. The molecule has 0 aliphatic rings. The molecule has 1 aromatic rings. The minimum Gasteiger partial charge on any atom is -0.375 e. The molecule has 0 saturated heterocycles. The molecule has 0 saturated carbocycles. The Morgan fingerprint density at radius 2 is 2.33 bits per heavy atom. The number of ether oxygens (including phenoxy) is 1. The van der Waals surface area contributed by atoms with Gasteiger partial charge in [0.2, 0.25) is 5.95 Å². The van der Waals surface area contributed by atoms with Gasteiger partial charge in [0.1, 0.15) is 5.15 Å². The molecule has 0 bridgehead atoms. The van der Waals surface area contributed by atoms with Gasteiger partial charge in [-0.3, -0.25) is 0 Å². The van der Waals surface area contributed by atoms with E-state index in [0.29, 0.717) is 24.1 Å². The Hall–Kier alpha value is -0.870. The monoisotopic (exact) mass is 187 g/mol. The fraction of sp³-hybridized carbons (Fsp3) is 0.429. The van der Waals surface area contributed by atoms with E-state index in [1.165, 1.54) is 0 Å². The molecule has 1 rings (SSSR count). The normalized spacial score (nSPS) is 10.2. The lowest BCUT2D eigenvalue weighted by atomic mass is 10.4. The fourth-order valence-corrected chi connectivity index (χ4v) is 0.977. The standard InChI is InChI=1S/C7H10ClN3O/c1-2-12-4-5-3-6(8)11-7(9)10-5/h3H,2,4H2,1H3,(H2,9,10,11). The average molecular weight is 188 g/mol. The van der Waals surface area contributed by atoms with E-state index in [1.807, 2.05) is 6.92 Å². The summed E-state index contributed by atoms with van der Waals surface area (Å²) in [6.45, 7) is 2.97. The van der Waals surface area contributed by atoms with Crippen molar-refractivity contribution < 1.29 is 4.74 Å². The van der Waals surface area contributed by atoms with Crippen LogP contribution in [-0.2, 0) is 11.3 Å². The molecule has 1 aromatic heterocycles. The van der Waals surface area contributed by atoms with Crippen molar-refractivity contribution in [3.8, 4) is 0 Å². The van der Waals surface area contributed by atoms with Crippen molar-refractivity contribution in [2.75, 3.05) is 12.3 Å². The Morgan fingerprint density at radius 1 is 1.58 bits per heavy atom. The SMILES string of the molecule is CCOCc1cc(Cl)nc(N)n1. The maximum Gasteiger partial charge on any atom is 0.221 e.